The predicted molar refractivity (Wildman–Crippen MR) is 83.5 cm³/mol. The lowest BCUT2D eigenvalue weighted by Gasteiger charge is -2.15. The van der Waals surface area contributed by atoms with E-state index in [4.69, 9.17) is 4.74 Å². The third kappa shape index (κ3) is 3.58. The molecule has 0 saturated carbocycles. The van der Waals surface area contributed by atoms with Crippen molar-refractivity contribution in [2.24, 2.45) is 15.4 Å². The molecule has 2 aromatic carbocycles. The molecule has 130 valence electrons. The zero-order valence-electron chi connectivity index (χ0n) is 13.0. The Bertz CT molecular complexity index is 782. The Hall–Kier alpha value is -2.61. The minimum absolute atomic E-state index is 0.00819. The van der Waals surface area contributed by atoms with E-state index < -0.39 is 11.8 Å². The highest BCUT2D eigenvalue weighted by molar-refractivity contribution is 5.32. The first-order valence-electron chi connectivity index (χ1n) is 7.50. The first-order valence-corrected chi connectivity index (χ1v) is 7.50. The van der Waals surface area contributed by atoms with E-state index in [9.17, 15) is 18.1 Å². The Balaban J connectivity index is 1.59. The average molecular weight is 349 g/mol. The van der Waals surface area contributed by atoms with Crippen molar-refractivity contribution >= 4 is 0 Å². The summed E-state index contributed by atoms with van der Waals surface area (Å²) in [6.45, 7) is 0.585. The van der Waals surface area contributed by atoms with Gasteiger partial charge in [0.25, 0.3) is 0 Å². The van der Waals surface area contributed by atoms with Crippen LogP contribution in [0.2, 0.25) is 0 Å². The topological polar surface area (TPSA) is 63.4 Å². The summed E-state index contributed by atoms with van der Waals surface area (Å²) in [5, 5.41) is 9.21. The summed E-state index contributed by atoms with van der Waals surface area (Å²) in [6.07, 6.45) is -4.53. The van der Waals surface area contributed by atoms with Crippen LogP contribution >= 0.6 is 0 Å². The Morgan fingerprint density at radius 3 is 2.16 bits per heavy atom. The third-order valence-electron chi connectivity index (χ3n) is 3.93. The molecule has 0 aromatic heterocycles. The number of halogens is 3. The fourth-order valence-corrected chi connectivity index (χ4v) is 2.48. The van der Waals surface area contributed by atoms with E-state index in [1.165, 1.54) is 12.1 Å². The van der Waals surface area contributed by atoms with Crippen LogP contribution in [0.4, 0.5) is 13.2 Å². The molecule has 0 atom stereocenters. The first-order chi connectivity index (χ1) is 12.0. The number of benzene rings is 2. The summed E-state index contributed by atoms with van der Waals surface area (Å²) >= 11 is 0. The van der Waals surface area contributed by atoms with Gasteiger partial charge in [-0.3, -0.25) is 0 Å². The highest BCUT2D eigenvalue weighted by Gasteiger charge is 2.65. The molecule has 0 saturated heterocycles. The van der Waals surface area contributed by atoms with Crippen LogP contribution in [0.1, 0.15) is 22.3 Å². The van der Waals surface area contributed by atoms with Gasteiger partial charge in [0.1, 0.15) is 6.54 Å². The lowest BCUT2D eigenvalue weighted by molar-refractivity contribution is -0.166. The predicted octanol–water partition coefficient (Wildman–Crippen LogP) is 4.85. The lowest BCUT2D eigenvalue weighted by Crippen LogP contribution is -2.30. The van der Waals surface area contributed by atoms with E-state index in [1.807, 2.05) is 18.2 Å². The number of nitrogens with zero attached hydrogens (tertiary/aromatic N) is 3. The normalized spacial score (nSPS) is 15.2. The Kier molecular flexibility index (Phi) is 4.63. The molecule has 0 unspecified atom stereocenters. The summed E-state index contributed by atoms with van der Waals surface area (Å²) < 4.78 is 44.4. The first kappa shape index (κ1) is 17.2. The monoisotopic (exact) mass is 349 g/mol. The standard InChI is InChI=1S/C17H14F3N3O2/c18-17(19,20)16(22-23-16)15-7-5-12(6-8-15)10-25-11-14-4-2-1-3-13(14)9-21-24/h1-8H,9-11H2. The molecule has 1 aliphatic rings. The van der Waals surface area contributed by atoms with Crippen molar-refractivity contribution in [2.75, 3.05) is 0 Å². The van der Waals surface area contributed by atoms with Gasteiger partial charge in [-0.1, -0.05) is 53.7 Å². The van der Waals surface area contributed by atoms with Crippen molar-refractivity contribution in [3.63, 3.8) is 0 Å². The molecule has 1 heterocycles. The summed E-state index contributed by atoms with van der Waals surface area (Å²) in [5.41, 5.74) is -0.0335. The van der Waals surface area contributed by atoms with Gasteiger partial charge in [0.15, 0.2) is 0 Å². The Morgan fingerprint density at radius 2 is 1.60 bits per heavy atom. The van der Waals surface area contributed by atoms with Crippen molar-refractivity contribution in [1.29, 1.82) is 0 Å². The van der Waals surface area contributed by atoms with Crippen LogP contribution in [0, 0.1) is 4.91 Å². The number of nitroso groups, excluding NO2 is 1. The van der Waals surface area contributed by atoms with Gasteiger partial charge in [0.2, 0.25) is 0 Å². The maximum atomic E-state index is 12.9. The smallest absolute Gasteiger partial charge is 0.372 e. The van der Waals surface area contributed by atoms with Crippen LogP contribution in [0.3, 0.4) is 0 Å². The molecule has 0 N–H and O–H groups in total. The van der Waals surface area contributed by atoms with Crippen molar-refractivity contribution in [3.05, 3.63) is 75.7 Å². The maximum absolute atomic E-state index is 12.9. The Labute approximate surface area is 141 Å². The van der Waals surface area contributed by atoms with Crippen LogP contribution in [0.25, 0.3) is 0 Å². The van der Waals surface area contributed by atoms with Gasteiger partial charge in [0.05, 0.1) is 13.2 Å². The maximum Gasteiger partial charge on any atom is 0.442 e. The van der Waals surface area contributed by atoms with E-state index in [1.54, 1.807) is 18.2 Å². The zero-order chi connectivity index (χ0) is 17.9. The Morgan fingerprint density at radius 1 is 0.960 bits per heavy atom. The largest absolute Gasteiger partial charge is 0.442 e. The highest BCUT2D eigenvalue weighted by Crippen LogP contribution is 2.52. The lowest BCUT2D eigenvalue weighted by atomic mass is 10.0. The van der Waals surface area contributed by atoms with Gasteiger partial charge in [-0.15, -0.1) is 10.2 Å². The number of rotatable bonds is 7. The van der Waals surface area contributed by atoms with E-state index in [-0.39, 0.29) is 25.3 Å². The molecule has 8 heteroatoms. The van der Waals surface area contributed by atoms with Gasteiger partial charge in [-0.2, -0.15) is 18.1 Å². The van der Waals surface area contributed by atoms with Gasteiger partial charge < -0.3 is 4.74 Å². The number of hydrogen-bond acceptors (Lipinski definition) is 5. The molecule has 3 rings (SSSR count). The molecule has 0 spiro atoms. The summed E-state index contributed by atoms with van der Waals surface area (Å²) in [7, 11) is 0. The minimum Gasteiger partial charge on any atom is -0.372 e. The van der Waals surface area contributed by atoms with E-state index in [2.05, 4.69) is 15.4 Å². The quantitative estimate of drug-likeness (QED) is 0.671. The van der Waals surface area contributed by atoms with Crippen molar-refractivity contribution in [3.8, 4) is 0 Å². The van der Waals surface area contributed by atoms with Crippen LogP contribution in [0.5, 0.6) is 0 Å². The van der Waals surface area contributed by atoms with Crippen LogP contribution < -0.4 is 0 Å². The molecule has 1 aliphatic heterocycles. The van der Waals surface area contributed by atoms with E-state index in [0.29, 0.717) is 0 Å². The number of ether oxygens (including phenoxy) is 1. The second kappa shape index (κ2) is 6.72. The van der Waals surface area contributed by atoms with Crippen molar-refractivity contribution in [2.45, 2.75) is 31.6 Å². The van der Waals surface area contributed by atoms with Crippen molar-refractivity contribution in [1.82, 2.24) is 0 Å². The molecular weight excluding hydrogens is 335 g/mol. The number of hydrogen-bond donors (Lipinski definition) is 0. The zero-order valence-corrected chi connectivity index (χ0v) is 13.0. The summed E-state index contributed by atoms with van der Waals surface area (Å²) in [5.74, 6) is 0. The molecule has 0 aliphatic carbocycles. The average Bonchev–Trinajstić information content (AvgIpc) is 3.39. The molecule has 0 radical (unpaired) electrons. The van der Waals surface area contributed by atoms with Gasteiger partial charge in [0, 0.05) is 5.56 Å². The number of alkyl halides is 3. The van der Waals surface area contributed by atoms with Crippen LogP contribution in [-0.2, 0) is 30.2 Å². The van der Waals surface area contributed by atoms with Crippen molar-refractivity contribution < 1.29 is 17.9 Å². The second-order valence-corrected chi connectivity index (χ2v) is 5.62. The fourth-order valence-electron chi connectivity index (χ4n) is 2.48. The highest BCUT2D eigenvalue weighted by atomic mass is 19.4. The molecular formula is C17H14F3N3O2. The summed E-state index contributed by atoms with van der Waals surface area (Å²) in [4.78, 5) is 10.4. The van der Waals surface area contributed by atoms with Gasteiger partial charge in [-0.25, -0.2) is 0 Å². The molecule has 0 bridgehead atoms. The van der Waals surface area contributed by atoms with E-state index in [0.717, 1.165) is 16.7 Å². The second-order valence-electron chi connectivity index (χ2n) is 5.62. The fraction of sp³-hybridized carbons (Fsp3) is 0.294. The molecule has 5 nitrogen and oxygen atoms in total. The van der Waals surface area contributed by atoms with Gasteiger partial charge in [-0.05, 0) is 16.7 Å². The molecule has 0 fully saturated rings. The SMILES string of the molecule is O=NCc1ccccc1COCc1ccc(C2(C(F)(F)F)N=N2)cc1. The molecule has 2 aromatic rings. The third-order valence-corrected chi connectivity index (χ3v) is 3.93. The van der Waals surface area contributed by atoms with E-state index >= 15 is 0 Å². The molecule has 0 amide bonds. The van der Waals surface area contributed by atoms with Gasteiger partial charge >= 0.3 is 11.8 Å². The van der Waals surface area contributed by atoms with Crippen LogP contribution in [-0.4, -0.2) is 6.18 Å². The minimum atomic E-state index is -4.53. The van der Waals surface area contributed by atoms with Crippen LogP contribution in [0.15, 0.2) is 63.9 Å². The summed E-state index contributed by atoms with van der Waals surface area (Å²) in [6, 6.07) is 13.1. The molecule has 25 heavy (non-hydrogen) atoms.